The minimum atomic E-state index is 0.0625. The van der Waals surface area contributed by atoms with E-state index in [-0.39, 0.29) is 6.04 Å². The highest BCUT2D eigenvalue weighted by atomic mass is 16.5. The fraction of sp³-hybridized carbons (Fsp3) is 0.412. The maximum atomic E-state index is 5.85. The van der Waals surface area contributed by atoms with E-state index in [0.717, 1.165) is 29.2 Å². The van der Waals surface area contributed by atoms with E-state index >= 15 is 0 Å². The van der Waals surface area contributed by atoms with Crippen molar-refractivity contribution in [3.05, 3.63) is 53.5 Å². The first-order valence-electron chi connectivity index (χ1n) is 7.26. The number of nitrogens with one attached hydrogen (secondary N) is 1. The molecule has 114 valence electrons. The molecule has 21 heavy (non-hydrogen) atoms. The van der Waals surface area contributed by atoms with Crippen molar-refractivity contribution < 1.29 is 13.9 Å². The molecule has 1 aromatic heterocycles. The Kier molecular flexibility index (Phi) is 5.84. The summed E-state index contributed by atoms with van der Waals surface area (Å²) in [4.78, 5) is 0. The molecule has 1 heterocycles. The lowest BCUT2D eigenvalue weighted by Gasteiger charge is -2.21. The molecule has 4 nitrogen and oxygen atoms in total. The van der Waals surface area contributed by atoms with E-state index < -0.39 is 0 Å². The molecule has 0 saturated heterocycles. The summed E-state index contributed by atoms with van der Waals surface area (Å²) < 4.78 is 16.3. The van der Waals surface area contributed by atoms with E-state index in [4.69, 9.17) is 13.9 Å². The lowest BCUT2D eigenvalue weighted by Crippen LogP contribution is -2.23. The topological polar surface area (TPSA) is 43.6 Å². The Balaban J connectivity index is 2.30. The SMILES string of the molecule is CCNC(c1ccccc1OCCOC)c1ccoc1C. The highest BCUT2D eigenvalue weighted by Crippen LogP contribution is 2.32. The van der Waals surface area contributed by atoms with Crippen molar-refractivity contribution in [1.29, 1.82) is 0 Å². The molecule has 1 unspecified atom stereocenters. The molecule has 2 aromatic rings. The van der Waals surface area contributed by atoms with E-state index in [1.165, 1.54) is 0 Å². The lowest BCUT2D eigenvalue weighted by atomic mass is 9.98. The van der Waals surface area contributed by atoms with Crippen molar-refractivity contribution in [2.24, 2.45) is 0 Å². The van der Waals surface area contributed by atoms with Gasteiger partial charge in [0.2, 0.25) is 0 Å². The summed E-state index contributed by atoms with van der Waals surface area (Å²) in [5, 5.41) is 3.50. The molecule has 0 aliphatic heterocycles. The fourth-order valence-corrected chi connectivity index (χ4v) is 2.37. The summed E-state index contributed by atoms with van der Waals surface area (Å²) in [5.41, 5.74) is 2.25. The predicted molar refractivity (Wildman–Crippen MR) is 82.8 cm³/mol. The van der Waals surface area contributed by atoms with Gasteiger partial charge in [-0.15, -0.1) is 0 Å². The first-order valence-corrected chi connectivity index (χ1v) is 7.26. The van der Waals surface area contributed by atoms with Crippen LogP contribution in [0.15, 0.2) is 41.0 Å². The van der Waals surface area contributed by atoms with Gasteiger partial charge in [0, 0.05) is 18.2 Å². The molecule has 0 fully saturated rings. The highest BCUT2D eigenvalue weighted by molar-refractivity contribution is 5.42. The van der Waals surface area contributed by atoms with Crippen LogP contribution < -0.4 is 10.1 Å². The van der Waals surface area contributed by atoms with Gasteiger partial charge >= 0.3 is 0 Å². The summed E-state index contributed by atoms with van der Waals surface area (Å²) in [6, 6.07) is 10.2. The van der Waals surface area contributed by atoms with Gasteiger partial charge in [-0.3, -0.25) is 0 Å². The van der Waals surface area contributed by atoms with Crippen molar-refractivity contribution >= 4 is 0 Å². The highest BCUT2D eigenvalue weighted by Gasteiger charge is 2.20. The summed E-state index contributed by atoms with van der Waals surface area (Å²) in [7, 11) is 1.67. The molecule has 0 amide bonds. The number of rotatable bonds is 8. The van der Waals surface area contributed by atoms with Crippen LogP contribution >= 0.6 is 0 Å². The number of benzene rings is 1. The number of para-hydroxylation sites is 1. The first kappa shape index (κ1) is 15.6. The normalized spacial score (nSPS) is 12.3. The Morgan fingerprint density at radius 2 is 1.95 bits per heavy atom. The third-order valence-corrected chi connectivity index (χ3v) is 3.39. The summed E-state index contributed by atoms with van der Waals surface area (Å²) in [5.74, 6) is 1.80. The van der Waals surface area contributed by atoms with Gasteiger partial charge in [0.1, 0.15) is 18.1 Å². The molecule has 1 N–H and O–H groups in total. The van der Waals surface area contributed by atoms with Crippen LogP contribution in [0.2, 0.25) is 0 Å². The molecule has 0 aliphatic carbocycles. The molecule has 4 heteroatoms. The van der Waals surface area contributed by atoms with E-state index in [1.807, 2.05) is 31.2 Å². The van der Waals surface area contributed by atoms with Crippen LogP contribution in [-0.4, -0.2) is 26.9 Å². The van der Waals surface area contributed by atoms with Gasteiger partial charge in [0.15, 0.2) is 0 Å². The predicted octanol–water partition coefficient (Wildman–Crippen LogP) is 3.31. The molecule has 2 rings (SSSR count). The van der Waals surface area contributed by atoms with Crippen LogP contribution in [0.5, 0.6) is 5.75 Å². The van der Waals surface area contributed by atoms with Crippen molar-refractivity contribution in [1.82, 2.24) is 5.32 Å². The van der Waals surface area contributed by atoms with Gasteiger partial charge in [-0.1, -0.05) is 25.1 Å². The molecular weight excluding hydrogens is 266 g/mol. The van der Waals surface area contributed by atoms with Gasteiger partial charge in [0.05, 0.1) is 18.9 Å². The standard InChI is InChI=1S/C17H23NO3/c1-4-18-17(14-9-10-20-13(14)2)15-7-5-6-8-16(15)21-12-11-19-3/h5-10,17-18H,4,11-12H2,1-3H3. The number of hydrogen-bond acceptors (Lipinski definition) is 4. The summed E-state index contributed by atoms with van der Waals surface area (Å²) in [6.07, 6.45) is 1.73. The zero-order chi connectivity index (χ0) is 15.1. The molecule has 0 aliphatic rings. The van der Waals surface area contributed by atoms with Gasteiger partial charge in [0.25, 0.3) is 0 Å². The van der Waals surface area contributed by atoms with E-state index in [9.17, 15) is 0 Å². The summed E-state index contributed by atoms with van der Waals surface area (Å²) in [6.45, 7) is 6.05. The quantitative estimate of drug-likeness (QED) is 0.757. The largest absolute Gasteiger partial charge is 0.491 e. The van der Waals surface area contributed by atoms with Gasteiger partial charge in [-0.05, 0) is 25.6 Å². The van der Waals surface area contributed by atoms with Gasteiger partial charge in [-0.25, -0.2) is 0 Å². The van der Waals surface area contributed by atoms with Crippen LogP contribution in [0.3, 0.4) is 0 Å². The van der Waals surface area contributed by atoms with Crippen molar-refractivity contribution in [3.63, 3.8) is 0 Å². The van der Waals surface area contributed by atoms with E-state index in [0.29, 0.717) is 13.2 Å². The van der Waals surface area contributed by atoms with Crippen LogP contribution in [0.25, 0.3) is 0 Å². The molecule has 0 spiro atoms. The average Bonchev–Trinajstić information content (AvgIpc) is 2.92. The molecule has 0 radical (unpaired) electrons. The third kappa shape index (κ3) is 3.86. The van der Waals surface area contributed by atoms with Gasteiger partial charge < -0.3 is 19.2 Å². The summed E-state index contributed by atoms with van der Waals surface area (Å²) >= 11 is 0. The molecule has 0 saturated carbocycles. The van der Waals surface area contributed by atoms with Crippen LogP contribution in [0, 0.1) is 6.92 Å². The number of methoxy groups -OCH3 is 1. The zero-order valence-corrected chi connectivity index (χ0v) is 12.9. The van der Waals surface area contributed by atoms with Crippen molar-refractivity contribution in [2.75, 3.05) is 26.9 Å². The number of furan rings is 1. The Hall–Kier alpha value is -1.78. The number of hydrogen-bond donors (Lipinski definition) is 1. The molecular formula is C17H23NO3. The third-order valence-electron chi connectivity index (χ3n) is 3.39. The Labute approximate surface area is 126 Å². The maximum Gasteiger partial charge on any atom is 0.124 e. The van der Waals surface area contributed by atoms with Crippen LogP contribution in [-0.2, 0) is 4.74 Å². The Bertz CT molecular complexity index is 550. The minimum absolute atomic E-state index is 0.0625. The Morgan fingerprint density at radius 1 is 1.14 bits per heavy atom. The Morgan fingerprint density at radius 3 is 2.62 bits per heavy atom. The van der Waals surface area contributed by atoms with E-state index in [1.54, 1.807) is 13.4 Å². The minimum Gasteiger partial charge on any atom is -0.491 e. The smallest absolute Gasteiger partial charge is 0.124 e. The first-order chi connectivity index (χ1) is 10.3. The number of aryl methyl sites for hydroxylation is 1. The average molecular weight is 289 g/mol. The zero-order valence-electron chi connectivity index (χ0n) is 12.9. The lowest BCUT2D eigenvalue weighted by molar-refractivity contribution is 0.145. The molecule has 0 bridgehead atoms. The monoisotopic (exact) mass is 289 g/mol. The second-order valence-corrected chi connectivity index (χ2v) is 4.80. The van der Waals surface area contributed by atoms with Crippen LogP contribution in [0.4, 0.5) is 0 Å². The van der Waals surface area contributed by atoms with Crippen molar-refractivity contribution in [3.8, 4) is 5.75 Å². The molecule has 1 atom stereocenters. The van der Waals surface area contributed by atoms with Gasteiger partial charge in [-0.2, -0.15) is 0 Å². The fourth-order valence-electron chi connectivity index (χ4n) is 2.37. The maximum absolute atomic E-state index is 5.85. The molecule has 1 aromatic carbocycles. The number of ether oxygens (including phenoxy) is 2. The second-order valence-electron chi connectivity index (χ2n) is 4.80. The second kappa shape index (κ2) is 7.86. The van der Waals surface area contributed by atoms with Crippen molar-refractivity contribution in [2.45, 2.75) is 19.9 Å². The van der Waals surface area contributed by atoms with E-state index in [2.05, 4.69) is 18.3 Å². The van der Waals surface area contributed by atoms with Crippen LogP contribution in [0.1, 0.15) is 29.9 Å².